The molecule has 1 aliphatic heterocycles. The molecule has 1 amide bonds. The average molecular weight is 501 g/mol. The van der Waals surface area contributed by atoms with Crippen LogP contribution in [0.2, 0.25) is 5.02 Å². The van der Waals surface area contributed by atoms with Crippen LogP contribution in [-0.2, 0) is 24.3 Å². The first-order valence-electron chi connectivity index (χ1n) is 13.0. The van der Waals surface area contributed by atoms with E-state index in [0.29, 0.717) is 55.2 Å². The number of rotatable bonds is 12. The number of carbonyl (C=O) groups is 1. The lowest BCUT2D eigenvalue weighted by Gasteiger charge is -2.27. The van der Waals surface area contributed by atoms with Gasteiger partial charge in [0.15, 0.2) is 11.5 Å². The van der Waals surface area contributed by atoms with Crippen LogP contribution in [0.3, 0.4) is 0 Å². The van der Waals surface area contributed by atoms with E-state index in [4.69, 9.17) is 21.1 Å². The van der Waals surface area contributed by atoms with E-state index < -0.39 is 0 Å². The van der Waals surface area contributed by atoms with Gasteiger partial charge in [-0.2, -0.15) is 0 Å². The molecule has 3 rings (SSSR count). The lowest BCUT2D eigenvalue weighted by molar-refractivity contribution is -0.133. The van der Waals surface area contributed by atoms with Crippen LogP contribution in [0.4, 0.5) is 0 Å². The smallest absolute Gasteiger partial charge is 0.223 e. The molecule has 0 spiro atoms. The fourth-order valence-corrected chi connectivity index (χ4v) is 4.77. The second-order valence-electron chi connectivity index (χ2n) is 10.1. The normalized spacial score (nSPS) is 14.0. The molecule has 0 fully saturated rings. The van der Waals surface area contributed by atoms with Crippen LogP contribution in [0.5, 0.6) is 11.5 Å². The number of nitrogens with zero attached hydrogens (tertiary/aromatic N) is 1. The zero-order valence-corrected chi connectivity index (χ0v) is 22.5. The maximum absolute atomic E-state index is 13.3. The minimum Gasteiger partial charge on any atom is -0.489 e. The number of ether oxygens (including phenoxy) is 2. The topological polar surface area (TPSA) is 50.8 Å². The maximum Gasteiger partial charge on any atom is 0.223 e. The third kappa shape index (κ3) is 8.43. The summed E-state index contributed by atoms with van der Waals surface area (Å²) < 4.78 is 11.6. The SMILES string of the molecule is CCCc1ccccc1CNCC(C)CC(=O)N(Cc1cc(Cl)c2c(c1)OCCCO2)CC(C)C. The largest absolute Gasteiger partial charge is 0.489 e. The summed E-state index contributed by atoms with van der Waals surface area (Å²) in [5, 5.41) is 4.10. The van der Waals surface area contributed by atoms with Crippen molar-refractivity contribution >= 4 is 17.5 Å². The van der Waals surface area contributed by atoms with Crippen molar-refractivity contribution in [2.24, 2.45) is 11.8 Å². The molecule has 2 aromatic carbocycles. The van der Waals surface area contributed by atoms with Gasteiger partial charge < -0.3 is 19.7 Å². The maximum atomic E-state index is 13.3. The monoisotopic (exact) mass is 500 g/mol. The molecule has 5 nitrogen and oxygen atoms in total. The number of hydrogen-bond acceptors (Lipinski definition) is 4. The number of carbonyl (C=O) groups excluding carboxylic acids is 1. The molecule has 192 valence electrons. The Morgan fingerprint density at radius 2 is 1.86 bits per heavy atom. The third-order valence-corrected chi connectivity index (χ3v) is 6.42. The standard InChI is InChI=1S/C29H41ClN2O3/c1-5-9-24-10-6-7-11-25(24)18-31-17-22(4)14-28(33)32(19-21(2)3)20-23-15-26(30)29-27(16-23)34-12-8-13-35-29/h6-7,10-11,15-16,21-22,31H,5,8-9,12-14,17-20H2,1-4H3. The Balaban J connectivity index is 1.58. The van der Waals surface area contributed by atoms with Crippen molar-refractivity contribution in [1.82, 2.24) is 10.2 Å². The molecule has 6 heteroatoms. The minimum atomic E-state index is 0.169. The van der Waals surface area contributed by atoms with Gasteiger partial charge in [0.25, 0.3) is 0 Å². The van der Waals surface area contributed by atoms with Crippen LogP contribution >= 0.6 is 11.6 Å². The molecule has 1 heterocycles. The lowest BCUT2D eigenvalue weighted by Crippen LogP contribution is -2.36. The van der Waals surface area contributed by atoms with Crippen LogP contribution in [0, 0.1) is 11.8 Å². The molecule has 0 saturated heterocycles. The first-order valence-corrected chi connectivity index (χ1v) is 13.4. The Morgan fingerprint density at radius 3 is 2.60 bits per heavy atom. The number of fused-ring (bicyclic) bond motifs is 1. The molecule has 2 aromatic rings. The average Bonchev–Trinajstić information content (AvgIpc) is 3.05. The highest BCUT2D eigenvalue weighted by molar-refractivity contribution is 6.32. The van der Waals surface area contributed by atoms with Gasteiger partial charge in [0.2, 0.25) is 5.91 Å². The Labute approximate surface area is 216 Å². The Hall–Kier alpha value is -2.24. The van der Waals surface area contributed by atoms with E-state index >= 15 is 0 Å². The van der Waals surface area contributed by atoms with Crippen molar-refractivity contribution in [2.75, 3.05) is 26.3 Å². The van der Waals surface area contributed by atoms with Crippen molar-refractivity contribution in [3.05, 3.63) is 58.1 Å². The summed E-state index contributed by atoms with van der Waals surface area (Å²) in [6, 6.07) is 12.5. The molecule has 0 saturated carbocycles. The fraction of sp³-hybridized carbons (Fsp3) is 0.552. The van der Waals surface area contributed by atoms with Gasteiger partial charge in [-0.1, -0.05) is 70.0 Å². The first-order chi connectivity index (χ1) is 16.9. The molecule has 0 radical (unpaired) electrons. The van der Waals surface area contributed by atoms with E-state index in [2.05, 4.69) is 57.3 Å². The van der Waals surface area contributed by atoms with Crippen LogP contribution in [0.25, 0.3) is 0 Å². The first kappa shape index (κ1) is 27.3. The second-order valence-corrected chi connectivity index (χ2v) is 10.5. The van der Waals surface area contributed by atoms with E-state index in [0.717, 1.165) is 37.9 Å². The number of amides is 1. The summed E-state index contributed by atoms with van der Waals surface area (Å²) in [5.74, 6) is 2.06. The summed E-state index contributed by atoms with van der Waals surface area (Å²) in [7, 11) is 0. The summed E-state index contributed by atoms with van der Waals surface area (Å²) in [6.45, 7) is 12.7. The van der Waals surface area contributed by atoms with E-state index in [1.807, 2.05) is 17.0 Å². The number of aryl methyl sites for hydroxylation is 1. The van der Waals surface area contributed by atoms with Crippen molar-refractivity contribution in [1.29, 1.82) is 0 Å². The van der Waals surface area contributed by atoms with Gasteiger partial charge in [-0.15, -0.1) is 0 Å². The van der Waals surface area contributed by atoms with Gasteiger partial charge in [-0.3, -0.25) is 4.79 Å². The summed E-state index contributed by atoms with van der Waals surface area (Å²) in [6.07, 6.45) is 3.57. The van der Waals surface area contributed by atoms with Gasteiger partial charge in [-0.25, -0.2) is 0 Å². The Morgan fingerprint density at radius 1 is 1.11 bits per heavy atom. The number of benzene rings is 2. The molecule has 1 aliphatic rings. The summed E-state index contributed by atoms with van der Waals surface area (Å²) >= 11 is 6.49. The van der Waals surface area contributed by atoms with Crippen LogP contribution in [0.1, 0.15) is 63.6 Å². The lowest BCUT2D eigenvalue weighted by atomic mass is 10.0. The van der Waals surface area contributed by atoms with E-state index in [9.17, 15) is 4.79 Å². The van der Waals surface area contributed by atoms with Crippen molar-refractivity contribution in [3.63, 3.8) is 0 Å². The molecule has 1 unspecified atom stereocenters. The predicted octanol–water partition coefficient (Wildman–Crippen LogP) is 6.25. The van der Waals surface area contributed by atoms with E-state index in [1.54, 1.807) is 0 Å². The molecule has 1 N–H and O–H groups in total. The van der Waals surface area contributed by atoms with Crippen LogP contribution < -0.4 is 14.8 Å². The molecule has 0 bridgehead atoms. The molecule has 1 atom stereocenters. The minimum absolute atomic E-state index is 0.169. The van der Waals surface area contributed by atoms with E-state index in [1.165, 1.54) is 11.1 Å². The summed E-state index contributed by atoms with van der Waals surface area (Å²) in [5.41, 5.74) is 3.72. The zero-order valence-electron chi connectivity index (χ0n) is 21.7. The van der Waals surface area contributed by atoms with Crippen molar-refractivity contribution in [2.45, 2.75) is 66.5 Å². The van der Waals surface area contributed by atoms with Crippen molar-refractivity contribution < 1.29 is 14.3 Å². The number of nitrogens with one attached hydrogen (secondary N) is 1. The number of halogens is 1. The third-order valence-electron chi connectivity index (χ3n) is 6.14. The molecular weight excluding hydrogens is 460 g/mol. The molecular formula is C29H41ClN2O3. The fourth-order valence-electron chi connectivity index (χ4n) is 4.49. The van der Waals surface area contributed by atoms with Gasteiger partial charge in [0, 0.05) is 32.5 Å². The number of hydrogen-bond donors (Lipinski definition) is 1. The van der Waals surface area contributed by atoms with E-state index in [-0.39, 0.29) is 11.8 Å². The highest BCUT2D eigenvalue weighted by Gasteiger charge is 2.21. The molecule has 0 aliphatic carbocycles. The van der Waals surface area contributed by atoms with Crippen molar-refractivity contribution in [3.8, 4) is 11.5 Å². The van der Waals surface area contributed by atoms with Gasteiger partial charge in [-0.05, 0) is 53.6 Å². The van der Waals surface area contributed by atoms with Crippen LogP contribution in [0.15, 0.2) is 36.4 Å². The summed E-state index contributed by atoms with van der Waals surface area (Å²) in [4.78, 5) is 15.3. The Bertz CT molecular complexity index is 963. The van der Waals surface area contributed by atoms with Crippen LogP contribution in [-0.4, -0.2) is 37.1 Å². The predicted molar refractivity (Wildman–Crippen MR) is 143 cm³/mol. The highest BCUT2D eigenvalue weighted by atomic mass is 35.5. The van der Waals surface area contributed by atoms with Gasteiger partial charge in [0.1, 0.15) is 0 Å². The highest BCUT2D eigenvalue weighted by Crippen LogP contribution is 2.38. The quantitative estimate of drug-likeness (QED) is 0.374. The zero-order chi connectivity index (χ0) is 25.2. The second kappa shape index (κ2) is 13.7. The molecule has 0 aromatic heterocycles. The Kier molecular flexibility index (Phi) is 10.7. The molecule has 35 heavy (non-hydrogen) atoms. The van der Waals surface area contributed by atoms with Gasteiger partial charge >= 0.3 is 0 Å². The van der Waals surface area contributed by atoms with Gasteiger partial charge in [0.05, 0.1) is 18.2 Å².